The molecule has 2 aromatic rings. The van der Waals surface area contributed by atoms with Gasteiger partial charge in [-0.1, -0.05) is 17.7 Å². The summed E-state index contributed by atoms with van der Waals surface area (Å²) in [4.78, 5) is 23.6. The summed E-state index contributed by atoms with van der Waals surface area (Å²) in [6.45, 7) is 3.48. The number of nitrogens with one attached hydrogen (secondary N) is 1. The number of halogens is 1. The number of aryl methyl sites for hydroxylation is 2. The molecule has 0 aliphatic heterocycles. The van der Waals surface area contributed by atoms with Crippen LogP contribution in [0.1, 0.15) is 32.1 Å². The molecule has 0 saturated carbocycles. The minimum atomic E-state index is -1.16. The van der Waals surface area contributed by atoms with Crippen LogP contribution in [0.4, 0.5) is 5.69 Å². The van der Waals surface area contributed by atoms with Crippen LogP contribution >= 0.6 is 11.6 Å². The first-order chi connectivity index (χ1) is 9.82. The lowest BCUT2D eigenvalue weighted by molar-refractivity contribution is 0.0698. The Balaban J connectivity index is 2.43. The van der Waals surface area contributed by atoms with Crippen LogP contribution in [0.25, 0.3) is 0 Å². The maximum Gasteiger partial charge on any atom is 0.337 e. The fourth-order valence-corrected chi connectivity index (χ4v) is 2.33. The highest BCUT2D eigenvalue weighted by atomic mass is 35.5. The van der Waals surface area contributed by atoms with Gasteiger partial charge in [-0.15, -0.1) is 0 Å². The van der Waals surface area contributed by atoms with Gasteiger partial charge in [-0.25, -0.2) is 4.79 Å². The zero-order valence-corrected chi connectivity index (χ0v) is 12.5. The van der Waals surface area contributed by atoms with Gasteiger partial charge in [0, 0.05) is 12.7 Å². The largest absolute Gasteiger partial charge is 0.478 e. The molecule has 6 nitrogen and oxygen atoms in total. The molecule has 1 heterocycles. The van der Waals surface area contributed by atoms with Gasteiger partial charge < -0.3 is 10.4 Å². The smallest absolute Gasteiger partial charge is 0.337 e. The zero-order valence-electron chi connectivity index (χ0n) is 11.8. The summed E-state index contributed by atoms with van der Waals surface area (Å²) >= 11 is 5.99. The number of carboxylic acid groups (broad SMARTS) is 1. The van der Waals surface area contributed by atoms with Gasteiger partial charge in [-0.05, 0) is 26.0 Å². The summed E-state index contributed by atoms with van der Waals surface area (Å²) in [5.41, 5.74) is 1.69. The second-order valence-electron chi connectivity index (χ2n) is 4.59. The first-order valence-corrected chi connectivity index (χ1v) is 6.54. The van der Waals surface area contributed by atoms with Crippen LogP contribution in [0, 0.1) is 13.8 Å². The van der Waals surface area contributed by atoms with Crippen molar-refractivity contribution in [3.05, 3.63) is 45.7 Å². The van der Waals surface area contributed by atoms with Crippen molar-refractivity contribution >= 4 is 29.2 Å². The monoisotopic (exact) mass is 307 g/mol. The lowest BCUT2D eigenvalue weighted by Gasteiger charge is -2.10. The van der Waals surface area contributed by atoms with Crippen molar-refractivity contribution in [2.45, 2.75) is 13.8 Å². The Hall–Kier alpha value is -2.34. The quantitative estimate of drug-likeness (QED) is 0.913. The Bertz CT molecular complexity index is 737. The molecule has 0 saturated heterocycles. The number of carbonyl (C=O) groups is 2. The molecule has 1 amide bonds. The van der Waals surface area contributed by atoms with Crippen molar-refractivity contribution < 1.29 is 14.7 Å². The first kappa shape index (κ1) is 15.1. The highest BCUT2D eigenvalue weighted by molar-refractivity contribution is 6.35. The number of hydrogen-bond acceptors (Lipinski definition) is 3. The van der Waals surface area contributed by atoms with E-state index in [1.54, 1.807) is 25.6 Å². The van der Waals surface area contributed by atoms with Crippen LogP contribution in [0.15, 0.2) is 18.2 Å². The Labute approximate surface area is 126 Å². The number of para-hydroxylation sites is 1. The highest BCUT2D eigenvalue weighted by Crippen LogP contribution is 2.27. The summed E-state index contributed by atoms with van der Waals surface area (Å²) in [6.07, 6.45) is 0. The van der Waals surface area contributed by atoms with Crippen LogP contribution in [0.5, 0.6) is 0 Å². The Morgan fingerprint density at radius 2 is 2.00 bits per heavy atom. The molecule has 0 bridgehead atoms. The minimum Gasteiger partial charge on any atom is -0.478 e. The number of carboxylic acids is 1. The molecule has 0 radical (unpaired) electrons. The van der Waals surface area contributed by atoms with Crippen molar-refractivity contribution in [3.63, 3.8) is 0 Å². The van der Waals surface area contributed by atoms with E-state index in [1.165, 1.54) is 18.2 Å². The van der Waals surface area contributed by atoms with Crippen LogP contribution < -0.4 is 5.32 Å². The van der Waals surface area contributed by atoms with E-state index in [9.17, 15) is 9.59 Å². The van der Waals surface area contributed by atoms with Gasteiger partial charge in [-0.2, -0.15) is 5.10 Å². The lowest BCUT2D eigenvalue weighted by Crippen LogP contribution is -2.17. The molecule has 0 spiro atoms. The summed E-state index contributed by atoms with van der Waals surface area (Å²) in [5.74, 6) is -1.60. The molecule has 2 rings (SSSR count). The molecule has 7 heteroatoms. The maximum atomic E-state index is 12.4. The predicted octanol–water partition coefficient (Wildman–Crippen LogP) is 2.64. The second kappa shape index (κ2) is 5.57. The average molecular weight is 308 g/mol. The molecule has 0 fully saturated rings. The number of nitrogens with zero attached hydrogens (tertiary/aromatic N) is 2. The zero-order chi connectivity index (χ0) is 15.7. The number of carbonyl (C=O) groups excluding carboxylic acids is 1. The molecule has 1 aromatic carbocycles. The number of hydrogen-bond donors (Lipinski definition) is 2. The third-order valence-corrected chi connectivity index (χ3v) is 3.53. The Kier molecular flexibility index (Phi) is 3.99. The predicted molar refractivity (Wildman–Crippen MR) is 79.0 cm³/mol. The second-order valence-corrected chi connectivity index (χ2v) is 5.00. The fraction of sp³-hybridized carbons (Fsp3) is 0.214. The van der Waals surface area contributed by atoms with E-state index in [-0.39, 0.29) is 16.3 Å². The minimum absolute atomic E-state index is 0.0601. The van der Waals surface area contributed by atoms with Gasteiger partial charge >= 0.3 is 5.97 Å². The molecule has 0 aliphatic carbocycles. The third kappa shape index (κ3) is 2.75. The molecule has 110 valence electrons. The fourth-order valence-electron chi connectivity index (χ4n) is 2.11. The van der Waals surface area contributed by atoms with Crippen LogP contribution in [-0.4, -0.2) is 26.8 Å². The molecular formula is C14H14ClN3O3. The first-order valence-electron chi connectivity index (χ1n) is 6.16. The average Bonchev–Trinajstić information content (AvgIpc) is 2.65. The Morgan fingerprint density at radius 1 is 1.33 bits per heavy atom. The van der Waals surface area contributed by atoms with Crippen molar-refractivity contribution in [1.29, 1.82) is 0 Å². The maximum absolute atomic E-state index is 12.4. The molecule has 21 heavy (non-hydrogen) atoms. The van der Waals surface area contributed by atoms with Gasteiger partial charge in [0.2, 0.25) is 0 Å². The van der Waals surface area contributed by atoms with Crippen molar-refractivity contribution in [2.75, 3.05) is 5.32 Å². The number of aromatic carboxylic acids is 1. The molecular weight excluding hydrogens is 294 g/mol. The summed E-state index contributed by atoms with van der Waals surface area (Å²) in [6, 6.07) is 4.42. The van der Waals surface area contributed by atoms with Gasteiger partial charge in [0.15, 0.2) is 0 Å². The van der Waals surface area contributed by atoms with Crippen LogP contribution in [-0.2, 0) is 7.05 Å². The topological polar surface area (TPSA) is 84.2 Å². The number of anilines is 1. The van der Waals surface area contributed by atoms with E-state index in [2.05, 4.69) is 10.4 Å². The van der Waals surface area contributed by atoms with Gasteiger partial charge in [-0.3, -0.25) is 9.48 Å². The van der Waals surface area contributed by atoms with Crippen LogP contribution in [0.2, 0.25) is 5.02 Å². The molecule has 0 unspecified atom stereocenters. The Morgan fingerprint density at radius 3 is 2.52 bits per heavy atom. The summed E-state index contributed by atoms with van der Waals surface area (Å²) < 4.78 is 1.59. The van der Waals surface area contributed by atoms with Gasteiger partial charge in [0.05, 0.1) is 27.5 Å². The number of rotatable bonds is 3. The number of benzene rings is 1. The third-order valence-electron chi connectivity index (χ3n) is 3.22. The molecule has 2 N–H and O–H groups in total. The molecule has 0 atom stereocenters. The van der Waals surface area contributed by atoms with E-state index < -0.39 is 11.9 Å². The van der Waals surface area contributed by atoms with E-state index in [4.69, 9.17) is 16.7 Å². The molecule has 0 aliphatic rings. The van der Waals surface area contributed by atoms with E-state index in [0.717, 1.165) is 0 Å². The van der Waals surface area contributed by atoms with Crippen molar-refractivity contribution in [1.82, 2.24) is 9.78 Å². The summed E-state index contributed by atoms with van der Waals surface area (Å²) in [5, 5.41) is 16.1. The number of aromatic nitrogens is 2. The van der Waals surface area contributed by atoms with E-state index in [1.807, 2.05) is 0 Å². The van der Waals surface area contributed by atoms with E-state index in [0.29, 0.717) is 17.0 Å². The number of amides is 1. The highest BCUT2D eigenvalue weighted by Gasteiger charge is 2.21. The molecule has 1 aromatic heterocycles. The van der Waals surface area contributed by atoms with E-state index >= 15 is 0 Å². The SMILES string of the molecule is Cc1nn(C)c(C)c1C(=O)Nc1c(Cl)cccc1C(=O)O. The summed E-state index contributed by atoms with van der Waals surface area (Å²) in [7, 11) is 1.73. The standard InChI is InChI=1S/C14H14ClN3O3/c1-7-11(8(2)18(3)17-7)13(19)16-12-9(14(20)21)5-4-6-10(12)15/h4-6H,1-3H3,(H,16,19)(H,20,21). The van der Waals surface area contributed by atoms with Crippen LogP contribution in [0.3, 0.4) is 0 Å². The lowest BCUT2D eigenvalue weighted by atomic mass is 10.1. The van der Waals surface area contributed by atoms with Crippen molar-refractivity contribution in [2.24, 2.45) is 7.05 Å². The van der Waals surface area contributed by atoms with Gasteiger partial charge in [0.1, 0.15) is 0 Å². The van der Waals surface area contributed by atoms with Gasteiger partial charge in [0.25, 0.3) is 5.91 Å². The van der Waals surface area contributed by atoms with Crippen molar-refractivity contribution in [3.8, 4) is 0 Å². The normalized spacial score (nSPS) is 10.5.